The molecule has 0 aliphatic heterocycles. The van der Waals surface area contributed by atoms with Gasteiger partial charge in [-0.05, 0) is 43.4 Å². The number of carbonyl (C=O) groups is 3. The predicted molar refractivity (Wildman–Crippen MR) is 106 cm³/mol. The Morgan fingerprint density at radius 1 is 0.926 bits per heavy atom. The van der Waals surface area contributed by atoms with Gasteiger partial charge in [0.1, 0.15) is 12.1 Å². The second-order valence-electron chi connectivity index (χ2n) is 8.49. The molecular weight excluding hydrogens is 344 g/mol. The summed E-state index contributed by atoms with van der Waals surface area (Å²) in [5.41, 5.74) is 0. The Bertz CT molecular complexity index is 496. The summed E-state index contributed by atoms with van der Waals surface area (Å²) in [4.78, 5) is 37.4. The lowest BCUT2D eigenvalue weighted by molar-refractivity contribution is -0.147. The third-order valence-corrected chi connectivity index (χ3v) is 5.58. The van der Waals surface area contributed by atoms with Gasteiger partial charge in [-0.15, -0.1) is 0 Å². The highest BCUT2D eigenvalue weighted by Crippen LogP contribution is 2.31. The number of rotatable bonds is 9. The maximum Gasteiger partial charge on any atom is 0.328 e. The highest BCUT2D eigenvalue weighted by Gasteiger charge is 2.33. The van der Waals surface area contributed by atoms with E-state index in [1.165, 1.54) is 20.0 Å². The molecule has 0 aromatic heterocycles. The molecule has 6 nitrogen and oxygen atoms in total. The van der Waals surface area contributed by atoms with E-state index in [-0.39, 0.29) is 29.6 Å². The smallest absolute Gasteiger partial charge is 0.328 e. The maximum absolute atomic E-state index is 12.7. The van der Waals surface area contributed by atoms with Crippen LogP contribution in [-0.2, 0) is 19.1 Å². The SMILES string of the molecule is CCCC1CCC(C(=O)N[C@@H](C(=O)N[C@@H](C(=O)OC)C(C)C)C(C)C)CC1. The highest BCUT2D eigenvalue weighted by atomic mass is 16.5. The van der Waals surface area contributed by atoms with Crippen LogP contribution >= 0.6 is 0 Å². The van der Waals surface area contributed by atoms with Gasteiger partial charge >= 0.3 is 5.97 Å². The lowest BCUT2D eigenvalue weighted by atomic mass is 9.79. The summed E-state index contributed by atoms with van der Waals surface area (Å²) in [7, 11) is 1.31. The van der Waals surface area contributed by atoms with E-state index >= 15 is 0 Å². The van der Waals surface area contributed by atoms with E-state index in [4.69, 9.17) is 4.74 Å². The number of hydrogen-bond donors (Lipinski definition) is 2. The van der Waals surface area contributed by atoms with Crippen LogP contribution < -0.4 is 10.6 Å². The summed E-state index contributed by atoms with van der Waals surface area (Å²) in [6, 6.07) is -1.37. The molecule has 1 rings (SSSR count). The summed E-state index contributed by atoms with van der Waals surface area (Å²) < 4.78 is 4.78. The van der Waals surface area contributed by atoms with Crippen LogP contribution in [0.2, 0.25) is 0 Å². The van der Waals surface area contributed by atoms with Gasteiger partial charge in [-0.3, -0.25) is 9.59 Å². The Hall–Kier alpha value is -1.59. The van der Waals surface area contributed by atoms with E-state index in [0.29, 0.717) is 0 Å². The third-order valence-electron chi connectivity index (χ3n) is 5.58. The van der Waals surface area contributed by atoms with Gasteiger partial charge in [0.05, 0.1) is 7.11 Å². The largest absolute Gasteiger partial charge is 0.467 e. The first kappa shape index (κ1) is 23.4. The highest BCUT2D eigenvalue weighted by molar-refractivity contribution is 5.91. The van der Waals surface area contributed by atoms with Gasteiger partial charge in [0.25, 0.3) is 0 Å². The molecule has 0 radical (unpaired) electrons. The maximum atomic E-state index is 12.7. The molecule has 1 aliphatic rings. The Kier molecular flexibility index (Phi) is 9.81. The predicted octanol–water partition coefficient (Wildman–Crippen LogP) is 3.05. The molecule has 0 aromatic carbocycles. The van der Waals surface area contributed by atoms with Crippen molar-refractivity contribution in [3.05, 3.63) is 0 Å². The molecule has 2 atom stereocenters. The summed E-state index contributed by atoms with van der Waals surface area (Å²) in [5.74, 6) is -0.306. The summed E-state index contributed by atoms with van der Waals surface area (Å²) >= 11 is 0. The topological polar surface area (TPSA) is 84.5 Å². The summed E-state index contributed by atoms with van der Waals surface area (Å²) in [6.45, 7) is 9.68. The Morgan fingerprint density at radius 2 is 1.48 bits per heavy atom. The number of nitrogens with one attached hydrogen (secondary N) is 2. The molecule has 2 amide bonds. The van der Waals surface area contributed by atoms with E-state index in [1.54, 1.807) is 0 Å². The first-order chi connectivity index (χ1) is 12.7. The number of esters is 1. The minimum Gasteiger partial charge on any atom is -0.467 e. The van der Waals surface area contributed by atoms with Crippen molar-refractivity contribution in [3.63, 3.8) is 0 Å². The van der Waals surface area contributed by atoms with Gasteiger partial charge in [-0.2, -0.15) is 0 Å². The number of ether oxygens (including phenoxy) is 1. The van der Waals surface area contributed by atoms with Crippen LogP contribution in [0, 0.1) is 23.7 Å². The molecular formula is C21H38N2O4. The van der Waals surface area contributed by atoms with E-state index in [9.17, 15) is 14.4 Å². The van der Waals surface area contributed by atoms with Crippen molar-refractivity contribution < 1.29 is 19.1 Å². The van der Waals surface area contributed by atoms with Crippen molar-refractivity contribution in [2.75, 3.05) is 7.11 Å². The zero-order valence-corrected chi connectivity index (χ0v) is 17.8. The van der Waals surface area contributed by atoms with E-state index in [1.807, 2.05) is 27.7 Å². The van der Waals surface area contributed by atoms with Crippen LogP contribution in [0.5, 0.6) is 0 Å². The van der Waals surface area contributed by atoms with Gasteiger partial charge < -0.3 is 15.4 Å². The molecule has 156 valence electrons. The molecule has 0 bridgehead atoms. The van der Waals surface area contributed by atoms with Gasteiger partial charge in [-0.1, -0.05) is 47.5 Å². The summed E-state index contributed by atoms with van der Waals surface area (Å²) in [6.07, 6.45) is 6.37. The molecule has 0 aromatic rings. The van der Waals surface area contributed by atoms with E-state index < -0.39 is 18.1 Å². The molecule has 6 heteroatoms. The molecule has 27 heavy (non-hydrogen) atoms. The zero-order chi connectivity index (χ0) is 20.6. The van der Waals surface area contributed by atoms with Crippen molar-refractivity contribution in [2.45, 2.75) is 85.2 Å². The molecule has 0 saturated heterocycles. The molecule has 0 heterocycles. The van der Waals surface area contributed by atoms with Crippen molar-refractivity contribution in [2.24, 2.45) is 23.7 Å². The van der Waals surface area contributed by atoms with Crippen LogP contribution in [0.4, 0.5) is 0 Å². The van der Waals surface area contributed by atoms with Gasteiger partial charge in [0.2, 0.25) is 11.8 Å². The summed E-state index contributed by atoms with van der Waals surface area (Å²) in [5, 5.41) is 5.68. The number of hydrogen-bond acceptors (Lipinski definition) is 4. The van der Waals surface area contributed by atoms with E-state index in [2.05, 4.69) is 17.6 Å². The lowest BCUT2D eigenvalue weighted by Gasteiger charge is -2.30. The molecule has 0 spiro atoms. The number of methoxy groups -OCH3 is 1. The zero-order valence-electron chi connectivity index (χ0n) is 17.8. The van der Waals surface area contributed by atoms with Crippen LogP contribution in [0.15, 0.2) is 0 Å². The first-order valence-electron chi connectivity index (χ1n) is 10.4. The number of amides is 2. The normalized spacial score (nSPS) is 22.2. The van der Waals surface area contributed by atoms with Crippen molar-refractivity contribution in [1.82, 2.24) is 10.6 Å². The standard InChI is InChI=1S/C21H38N2O4/c1-7-8-15-9-11-16(12-10-15)19(24)22-17(13(2)3)20(25)23-18(14(4)5)21(26)27-6/h13-18H,7-12H2,1-6H3,(H,22,24)(H,23,25)/t15?,16?,17-,18-/m1/s1. The molecule has 2 N–H and O–H groups in total. The van der Waals surface area contributed by atoms with Gasteiger partial charge in [-0.25, -0.2) is 4.79 Å². The second-order valence-corrected chi connectivity index (χ2v) is 8.49. The fraction of sp³-hybridized carbons (Fsp3) is 0.857. The third kappa shape index (κ3) is 7.15. The number of carbonyl (C=O) groups excluding carboxylic acids is 3. The minimum atomic E-state index is -0.717. The van der Waals surface area contributed by atoms with Crippen LogP contribution in [0.3, 0.4) is 0 Å². The fourth-order valence-electron chi connectivity index (χ4n) is 3.80. The van der Waals surface area contributed by atoms with Crippen molar-refractivity contribution in [3.8, 4) is 0 Å². The molecule has 1 saturated carbocycles. The average Bonchev–Trinajstić information content (AvgIpc) is 2.63. The Balaban J connectivity index is 2.68. The first-order valence-corrected chi connectivity index (χ1v) is 10.4. The van der Waals surface area contributed by atoms with Gasteiger partial charge in [0.15, 0.2) is 0 Å². The Labute approximate surface area is 164 Å². The lowest BCUT2D eigenvalue weighted by Crippen LogP contribution is -2.56. The molecule has 1 aliphatic carbocycles. The Morgan fingerprint density at radius 3 is 1.93 bits per heavy atom. The fourth-order valence-corrected chi connectivity index (χ4v) is 3.80. The van der Waals surface area contributed by atoms with Gasteiger partial charge in [0, 0.05) is 5.92 Å². The van der Waals surface area contributed by atoms with Crippen LogP contribution in [0.25, 0.3) is 0 Å². The van der Waals surface area contributed by atoms with Crippen LogP contribution in [-0.4, -0.2) is 37.0 Å². The van der Waals surface area contributed by atoms with Crippen LogP contribution in [0.1, 0.15) is 73.1 Å². The molecule has 0 unspecified atom stereocenters. The quantitative estimate of drug-likeness (QED) is 0.600. The second kappa shape index (κ2) is 11.3. The van der Waals surface area contributed by atoms with Crippen molar-refractivity contribution in [1.29, 1.82) is 0 Å². The van der Waals surface area contributed by atoms with E-state index in [0.717, 1.165) is 31.6 Å². The average molecular weight is 383 g/mol. The molecule has 1 fully saturated rings. The minimum absolute atomic E-state index is 0.0198. The van der Waals surface area contributed by atoms with Crippen molar-refractivity contribution >= 4 is 17.8 Å². The monoisotopic (exact) mass is 382 g/mol.